The van der Waals surface area contributed by atoms with E-state index in [2.05, 4.69) is 31.9 Å². The molecule has 0 heterocycles. The number of carbonyl (C=O) groups excluding carboxylic acids is 2. The van der Waals surface area contributed by atoms with Gasteiger partial charge < -0.3 is 0 Å². The van der Waals surface area contributed by atoms with Crippen LogP contribution >= 0.6 is 31.9 Å². The van der Waals surface area contributed by atoms with Gasteiger partial charge in [-0.2, -0.15) is 0 Å². The average Bonchev–Trinajstić information content (AvgIpc) is 2.44. The molecule has 2 nitrogen and oxygen atoms in total. The highest BCUT2D eigenvalue weighted by atomic mass is 79.9. The molecule has 0 atom stereocenters. The first kappa shape index (κ1) is 13.4. The Morgan fingerprint density at radius 3 is 1.50 bits per heavy atom. The number of benzene rings is 2. The summed E-state index contributed by atoms with van der Waals surface area (Å²) in [6.07, 6.45) is 0. The van der Waals surface area contributed by atoms with E-state index in [1.807, 2.05) is 24.3 Å². The van der Waals surface area contributed by atoms with Crippen molar-refractivity contribution >= 4 is 54.2 Å². The Morgan fingerprint density at radius 2 is 1.17 bits per heavy atom. The van der Waals surface area contributed by atoms with E-state index in [1.165, 1.54) is 0 Å². The zero-order valence-corrected chi connectivity index (χ0v) is 12.6. The van der Waals surface area contributed by atoms with Gasteiger partial charge in [0.1, 0.15) is 0 Å². The molecule has 0 fully saturated rings. The lowest BCUT2D eigenvalue weighted by Gasteiger charge is -2.03. The fourth-order valence-electron chi connectivity index (χ4n) is 1.75. The van der Waals surface area contributed by atoms with E-state index in [0.29, 0.717) is 21.8 Å². The molecule has 18 heavy (non-hydrogen) atoms. The summed E-state index contributed by atoms with van der Waals surface area (Å²) in [4.78, 5) is 23.1. The second kappa shape index (κ2) is 5.76. The van der Waals surface area contributed by atoms with Crippen molar-refractivity contribution in [2.24, 2.45) is 0 Å². The summed E-state index contributed by atoms with van der Waals surface area (Å²) in [5, 5.41) is 2.57. The maximum absolute atomic E-state index is 11.6. The van der Waals surface area contributed by atoms with Gasteiger partial charge in [-0.25, -0.2) is 0 Å². The molecule has 2 rings (SSSR count). The number of hydrogen-bond acceptors (Lipinski definition) is 2. The third kappa shape index (κ3) is 2.70. The summed E-state index contributed by atoms with van der Waals surface area (Å²) in [6, 6.07) is 11.0. The first-order valence-electron chi connectivity index (χ1n) is 5.38. The Kier molecular flexibility index (Phi) is 4.30. The molecule has 0 spiro atoms. The van der Waals surface area contributed by atoms with Crippen molar-refractivity contribution in [3.63, 3.8) is 0 Å². The minimum Gasteiger partial charge on any atom is -0.293 e. The summed E-state index contributed by atoms with van der Waals surface area (Å²) >= 11 is 6.31. The van der Waals surface area contributed by atoms with Crippen LogP contribution in [0, 0.1) is 0 Å². The Bertz CT molecular complexity index is 565. The molecule has 92 valence electrons. The molecule has 0 N–H and O–H groups in total. The molecule has 2 aromatic carbocycles. The van der Waals surface area contributed by atoms with Gasteiger partial charge in [0.2, 0.25) is 0 Å². The first-order valence-corrected chi connectivity index (χ1v) is 7.62. The molecular weight excluding hydrogens is 360 g/mol. The van der Waals surface area contributed by atoms with Crippen LogP contribution in [0.3, 0.4) is 0 Å². The normalized spacial score (nSPS) is 10.6. The van der Waals surface area contributed by atoms with E-state index in [1.54, 1.807) is 12.1 Å². The van der Waals surface area contributed by atoms with Crippen LogP contribution in [0.1, 0.15) is 20.7 Å². The second-order valence-electron chi connectivity index (χ2n) is 3.89. The van der Waals surface area contributed by atoms with Crippen LogP contribution in [0.25, 0.3) is 10.8 Å². The summed E-state index contributed by atoms with van der Waals surface area (Å²) in [7, 11) is 0. The monoisotopic (exact) mass is 368 g/mol. The van der Waals surface area contributed by atoms with Gasteiger partial charge in [-0.3, -0.25) is 9.59 Å². The number of ketones is 2. The van der Waals surface area contributed by atoms with Crippen LogP contribution in [-0.4, -0.2) is 22.2 Å². The molecule has 2 aromatic rings. The van der Waals surface area contributed by atoms with E-state index in [-0.39, 0.29) is 11.6 Å². The molecule has 0 unspecified atom stereocenters. The molecule has 4 heteroatoms. The van der Waals surface area contributed by atoms with Crippen molar-refractivity contribution in [2.75, 3.05) is 10.7 Å². The first-order chi connectivity index (χ1) is 8.65. The molecule has 0 bridgehead atoms. The zero-order chi connectivity index (χ0) is 13.1. The SMILES string of the molecule is O=C(CBr)c1ccc2cc(C(=O)CBr)ccc2c1. The van der Waals surface area contributed by atoms with Gasteiger partial charge in [0.25, 0.3) is 0 Å². The van der Waals surface area contributed by atoms with Gasteiger partial charge in [0.15, 0.2) is 11.6 Å². The maximum atomic E-state index is 11.6. The molecule has 0 aliphatic heterocycles. The van der Waals surface area contributed by atoms with E-state index in [0.717, 1.165) is 10.8 Å². The molecule has 0 aromatic heterocycles. The lowest BCUT2D eigenvalue weighted by atomic mass is 10.0. The van der Waals surface area contributed by atoms with Crippen LogP contribution in [0.4, 0.5) is 0 Å². The molecule has 0 radical (unpaired) electrons. The number of rotatable bonds is 4. The summed E-state index contributed by atoms with van der Waals surface area (Å²) in [6.45, 7) is 0. The van der Waals surface area contributed by atoms with Gasteiger partial charge in [0.05, 0.1) is 10.7 Å². The molecule has 0 saturated carbocycles. The Morgan fingerprint density at radius 1 is 0.778 bits per heavy atom. The van der Waals surface area contributed by atoms with E-state index in [9.17, 15) is 9.59 Å². The van der Waals surface area contributed by atoms with Crippen molar-refractivity contribution < 1.29 is 9.59 Å². The predicted molar refractivity (Wildman–Crippen MR) is 80.2 cm³/mol. The van der Waals surface area contributed by atoms with Crippen molar-refractivity contribution in [2.45, 2.75) is 0 Å². The predicted octanol–water partition coefficient (Wildman–Crippen LogP) is 4.00. The lowest BCUT2D eigenvalue weighted by Crippen LogP contribution is -2.01. The highest BCUT2D eigenvalue weighted by Gasteiger charge is 2.07. The van der Waals surface area contributed by atoms with Gasteiger partial charge in [0, 0.05) is 11.1 Å². The van der Waals surface area contributed by atoms with E-state index < -0.39 is 0 Å². The summed E-state index contributed by atoms with van der Waals surface area (Å²) < 4.78 is 0. The number of Topliss-reactive ketones (excluding diaryl/α,β-unsaturated/α-hetero) is 2. The van der Waals surface area contributed by atoms with Gasteiger partial charge in [-0.15, -0.1) is 0 Å². The fourth-order valence-corrected chi connectivity index (χ4v) is 2.39. The Labute approximate surface area is 122 Å². The largest absolute Gasteiger partial charge is 0.293 e. The third-order valence-corrected chi connectivity index (χ3v) is 3.75. The standard InChI is InChI=1S/C14H10Br2O2/c15-7-13(17)11-3-1-9-5-12(14(18)8-16)4-2-10(9)6-11/h1-6H,7-8H2. The minimum atomic E-state index is 0.0533. The maximum Gasteiger partial charge on any atom is 0.173 e. The number of hydrogen-bond donors (Lipinski definition) is 0. The fraction of sp³-hybridized carbons (Fsp3) is 0.143. The minimum absolute atomic E-state index is 0.0533. The highest BCUT2D eigenvalue weighted by molar-refractivity contribution is 9.09. The van der Waals surface area contributed by atoms with Crippen LogP contribution in [0.2, 0.25) is 0 Å². The van der Waals surface area contributed by atoms with Gasteiger partial charge >= 0.3 is 0 Å². The van der Waals surface area contributed by atoms with Crippen LogP contribution in [-0.2, 0) is 0 Å². The number of carbonyl (C=O) groups is 2. The average molecular weight is 370 g/mol. The molecule has 0 aliphatic rings. The molecule has 0 aliphatic carbocycles. The molecule has 0 saturated heterocycles. The summed E-state index contributed by atoms with van der Waals surface area (Å²) in [5.74, 6) is 0.107. The molecular formula is C14H10Br2O2. The van der Waals surface area contributed by atoms with Crippen LogP contribution in [0.5, 0.6) is 0 Å². The van der Waals surface area contributed by atoms with Crippen LogP contribution in [0.15, 0.2) is 36.4 Å². The lowest BCUT2D eigenvalue weighted by molar-refractivity contribution is 0.101. The van der Waals surface area contributed by atoms with Gasteiger partial charge in [-0.05, 0) is 22.9 Å². The van der Waals surface area contributed by atoms with E-state index in [4.69, 9.17) is 0 Å². The van der Waals surface area contributed by atoms with Crippen LogP contribution < -0.4 is 0 Å². The van der Waals surface area contributed by atoms with Crippen molar-refractivity contribution in [1.82, 2.24) is 0 Å². The van der Waals surface area contributed by atoms with Crippen molar-refractivity contribution in [3.8, 4) is 0 Å². The van der Waals surface area contributed by atoms with Crippen molar-refractivity contribution in [1.29, 1.82) is 0 Å². The van der Waals surface area contributed by atoms with Gasteiger partial charge in [-0.1, -0.05) is 56.1 Å². The Balaban J connectivity index is 2.48. The number of halogens is 2. The molecule has 0 amide bonds. The Hall–Kier alpha value is -1.00. The number of alkyl halides is 2. The second-order valence-corrected chi connectivity index (χ2v) is 5.01. The number of fused-ring (bicyclic) bond motifs is 1. The highest BCUT2D eigenvalue weighted by Crippen LogP contribution is 2.19. The summed E-state index contributed by atoms with van der Waals surface area (Å²) in [5.41, 5.74) is 1.36. The smallest absolute Gasteiger partial charge is 0.173 e. The third-order valence-electron chi connectivity index (χ3n) is 2.73. The van der Waals surface area contributed by atoms with Crippen molar-refractivity contribution in [3.05, 3.63) is 47.5 Å². The van der Waals surface area contributed by atoms with E-state index >= 15 is 0 Å². The topological polar surface area (TPSA) is 34.1 Å². The quantitative estimate of drug-likeness (QED) is 0.603. The zero-order valence-electron chi connectivity index (χ0n) is 9.45.